The highest BCUT2D eigenvalue weighted by atomic mass is 32.2. The van der Waals surface area contributed by atoms with Crippen LogP contribution in [-0.4, -0.2) is 39.2 Å². The third kappa shape index (κ3) is 3.78. The molecule has 1 aromatic carbocycles. The number of likely N-dealkylation sites (tertiary alicyclic amines) is 1. The third-order valence-corrected chi connectivity index (χ3v) is 5.21. The van der Waals surface area contributed by atoms with Gasteiger partial charge in [0.15, 0.2) is 5.16 Å². The topological polar surface area (TPSA) is 38.1 Å². The fourth-order valence-electron chi connectivity index (χ4n) is 2.98. The van der Waals surface area contributed by atoms with E-state index in [1.165, 1.54) is 6.42 Å². The van der Waals surface area contributed by atoms with Crippen LogP contribution in [0.15, 0.2) is 41.7 Å². The normalized spacial score (nSPS) is 14.9. The summed E-state index contributed by atoms with van der Waals surface area (Å²) in [6.07, 6.45) is 5.43. The van der Waals surface area contributed by atoms with Gasteiger partial charge in [-0.1, -0.05) is 42.1 Å². The number of nitrogens with zero attached hydrogens (tertiary/aromatic N) is 3. The zero-order valence-electron chi connectivity index (χ0n) is 13.6. The van der Waals surface area contributed by atoms with Crippen LogP contribution in [-0.2, 0) is 11.3 Å². The zero-order valence-corrected chi connectivity index (χ0v) is 14.4. The molecular weight excluding hydrogens is 306 g/mol. The van der Waals surface area contributed by atoms with Crippen molar-refractivity contribution in [2.45, 2.75) is 37.9 Å². The van der Waals surface area contributed by atoms with Gasteiger partial charge in [0.25, 0.3) is 0 Å². The summed E-state index contributed by atoms with van der Waals surface area (Å²) in [5.41, 5.74) is 2.28. The third-order valence-electron chi connectivity index (χ3n) is 4.24. The second kappa shape index (κ2) is 7.68. The molecule has 1 aliphatic rings. The Balaban J connectivity index is 1.68. The van der Waals surface area contributed by atoms with Crippen molar-refractivity contribution in [1.82, 2.24) is 14.5 Å². The number of thioether (sulfide) groups is 1. The van der Waals surface area contributed by atoms with Crippen LogP contribution in [0.5, 0.6) is 0 Å². The summed E-state index contributed by atoms with van der Waals surface area (Å²) in [6, 6.07) is 10.3. The number of piperidine rings is 1. The number of aromatic nitrogens is 2. The maximum atomic E-state index is 12.3. The number of imidazole rings is 1. The highest BCUT2D eigenvalue weighted by molar-refractivity contribution is 7.99. The predicted molar refractivity (Wildman–Crippen MR) is 94.5 cm³/mol. The van der Waals surface area contributed by atoms with Crippen molar-refractivity contribution in [2.75, 3.05) is 18.8 Å². The lowest BCUT2D eigenvalue weighted by Crippen LogP contribution is -2.36. The Morgan fingerprint density at radius 1 is 1.17 bits per heavy atom. The Bertz CT molecular complexity index is 648. The molecule has 2 aromatic rings. The second-order valence-corrected chi connectivity index (χ2v) is 6.71. The number of benzene rings is 1. The summed E-state index contributed by atoms with van der Waals surface area (Å²) in [6.45, 7) is 4.79. The Labute approximate surface area is 141 Å². The largest absolute Gasteiger partial charge is 0.342 e. The number of hydrogen-bond acceptors (Lipinski definition) is 3. The van der Waals surface area contributed by atoms with Crippen LogP contribution in [0.25, 0.3) is 11.3 Å². The highest BCUT2D eigenvalue weighted by Crippen LogP contribution is 2.26. The van der Waals surface area contributed by atoms with Crippen LogP contribution in [0, 0.1) is 0 Å². The second-order valence-electron chi connectivity index (χ2n) is 5.77. The van der Waals surface area contributed by atoms with Gasteiger partial charge < -0.3 is 9.47 Å². The summed E-state index contributed by atoms with van der Waals surface area (Å²) in [7, 11) is 0. The van der Waals surface area contributed by atoms with Crippen LogP contribution < -0.4 is 0 Å². The van der Waals surface area contributed by atoms with E-state index in [2.05, 4.69) is 28.6 Å². The molecule has 122 valence electrons. The SMILES string of the molecule is CCn1c(-c2ccccc2)cnc1SCC(=O)N1CCCCC1. The molecule has 0 radical (unpaired) electrons. The van der Waals surface area contributed by atoms with Gasteiger partial charge in [0, 0.05) is 19.6 Å². The first-order valence-corrected chi connectivity index (χ1v) is 9.29. The molecule has 1 aromatic heterocycles. The minimum Gasteiger partial charge on any atom is -0.342 e. The molecule has 1 amide bonds. The molecule has 0 N–H and O–H groups in total. The van der Waals surface area contributed by atoms with Crippen molar-refractivity contribution in [3.63, 3.8) is 0 Å². The number of hydrogen-bond donors (Lipinski definition) is 0. The lowest BCUT2D eigenvalue weighted by atomic mass is 10.1. The highest BCUT2D eigenvalue weighted by Gasteiger charge is 2.18. The van der Waals surface area contributed by atoms with Crippen molar-refractivity contribution in [2.24, 2.45) is 0 Å². The quantitative estimate of drug-likeness (QED) is 0.786. The lowest BCUT2D eigenvalue weighted by Gasteiger charge is -2.26. The molecule has 0 saturated carbocycles. The molecule has 1 fully saturated rings. The van der Waals surface area contributed by atoms with Crippen molar-refractivity contribution in [1.29, 1.82) is 0 Å². The fourth-order valence-corrected chi connectivity index (χ4v) is 3.93. The van der Waals surface area contributed by atoms with Gasteiger partial charge >= 0.3 is 0 Å². The number of carbonyl (C=O) groups is 1. The smallest absolute Gasteiger partial charge is 0.233 e. The monoisotopic (exact) mass is 329 g/mol. The lowest BCUT2D eigenvalue weighted by molar-refractivity contribution is -0.129. The van der Waals surface area contributed by atoms with Gasteiger partial charge in [0.1, 0.15) is 0 Å². The van der Waals surface area contributed by atoms with E-state index in [0.29, 0.717) is 5.75 Å². The summed E-state index contributed by atoms with van der Waals surface area (Å²) in [5, 5.41) is 0.928. The summed E-state index contributed by atoms with van der Waals surface area (Å²) >= 11 is 1.55. The van der Waals surface area contributed by atoms with Crippen LogP contribution in [0.2, 0.25) is 0 Å². The predicted octanol–water partition coefficient (Wildman–Crippen LogP) is 3.67. The minimum atomic E-state index is 0.238. The first kappa shape index (κ1) is 16.1. The molecule has 0 aliphatic carbocycles. The van der Waals surface area contributed by atoms with Crippen LogP contribution in [0.1, 0.15) is 26.2 Å². The van der Waals surface area contributed by atoms with Crippen molar-refractivity contribution in [3.8, 4) is 11.3 Å². The fraction of sp³-hybridized carbons (Fsp3) is 0.444. The number of rotatable bonds is 5. The van der Waals surface area contributed by atoms with Crippen molar-refractivity contribution >= 4 is 17.7 Å². The van der Waals surface area contributed by atoms with Crippen LogP contribution in [0.4, 0.5) is 0 Å². The first-order chi connectivity index (χ1) is 11.3. The zero-order chi connectivity index (χ0) is 16.1. The van der Waals surface area contributed by atoms with Gasteiger partial charge in [0.2, 0.25) is 5.91 Å². The Kier molecular flexibility index (Phi) is 5.39. The molecule has 1 saturated heterocycles. The molecule has 0 unspecified atom stereocenters. The van der Waals surface area contributed by atoms with Gasteiger partial charge in [-0.25, -0.2) is 4.98 Å². The van der Waals surface area contributed by atoms with Gasteiger partial charge in [-0.05, 0) is 31.7 Å². The van der Waals surface area contributed by atoms with E-state index in [4.69, 9.17) is 0 Å². The average molecular weight is 329 g/mol. The van der Waals surface area contributed by atoms with E-state index >= 15 is 0 Å². The molecule has 0 spiro atoms. The summed E-state index contributed by atoms with van der Waals surface area (Å²) < 4.78 is 2.18. The van der Waals surface area contributed by atoms with E-state index in [1.807, 2.05) is 29.3 Å². The Hall–Kier alpha value is -1.75. The molecule has 0 bridgehead atoms. The van der Waals surface area contributed by atoms with E-state index in [9.17, 15) is 4.79 Å². The van der Waals surface area contributed by atoms with Crippen molar-refractivity contribution < 1.29 is 4.79 Å². The maximum absolute atomic E-state index is 12.3. The standard InChI is InChI=1S/C18H23N3OS/c1-2-21-16(15-9-5-3-6-10-15)13-19-18(21)23-14-17(22)20-11-7-4-8-12-20/h3,5-6,9-10,13H,2,4,7-8,11-12,14H2,1H3. The van der Waals surface area contributed by atoms with Gasteiger partial charge in [-0.3, -0.25) is 4.79 Å². The van der Waals surface area contributed by atoms with Crippen LogP contribution >= 0.6 is 11.8 Å². The van der Waals surface area contributed by atoms with E-state index in [-0.39, 0.29) is 5.91 Å². The molecule has 23 heavy (non-hydrogen) atoms. The molecule has 1 aliphatic heterocycles. The van der Waals surface area contributed by atoms with Gasteiger partial charge in [-0.2, -0.15) is 0 Å². The first-order valence-electron chi connectivity index (χ1n) is 8.31. The Morgan fingerprint density at radius 2 is 1.91 bits per heavy atom. The number of amides is 1. The minimum absolute atomic E-state index is 0.238. The molecule has 5 heteroatoms. The van der Waals surface area contributed by atoms with E-state index < -0.39 is 0 Å². The Morgan fingerprint density at radius 3 is 2.61 bits per heavy atom. The van der Waals surface area contributed by atoms with E-state index in [0.717, 1.165) is 48.9 Å². The van der Waals surface area contributed by atoms with Crippen LogP contribution in [0.3, 0.4) is 0 Å². The average Bonchev–Trinajstić information content (AvgIpc) is 3.04. The van der Waals surface area contributed by atoms with Crippen molar-refractivity contribution in [3.05, 3.63) is 36.5 Å². The molecule has 0 atom stereocenters. The molecule has 4 nitrogen and oxygen atoms in total. The van der Waals surface area contributed by atoms with Gasteiger partial charge in [-0.15, -0.1) is 0 Å². The van der Waals surface area contributed by atoms with E-state index in [1.54, 1.807) is 11.8 Å². The molecular formula is C18H23N3OS. The van der Waals surface area contributed by atoms with Gasteiger partial charge in [0.05, 0.1) is 17.6 Å². The summed E-state index contributed by atoms with van der Waals surface area (Å²) in [4.78, 5) is 18.8. The molecule has 3 rings (SSSR count). The maximum Gasteiger partial charge on any atom is 0.233 e. The summed E-state index contributed by atoms with van der Waals surface area (Å²) in [5.74, 6) is 0.715. The molecule has 2 heterocycles. The number of carbonyl (C=O) groups excluding carboxylic acids is 1.